The highest BCUT2D eigenvalue weighted by molar-refractivity contribution is 5.85. The summed E-state index contributed by atoms with van der Waals surface area (Å²) in [6.45, 7) is 1.70. The Kier molecular flexibility index (Phi) is 3.15. The molecule has 2 rings (SSSR count). The second-order valence-electron chi connectivity index (χ2n) is 3.68. The molecule has 0 aromatic heterocycles. The van der Waals surface area contributed by atoms with Crippen LogP contribution in [0.1, 0.15) is 0 Å². The van der Waals surface area contributed by atoms with Crippen molar-refractivity contribution >= 4 is 12.4 Å². The molecule has 0 amide bonds. The van der Waals surface area contributed by atoms with Crippen LogP contribution in [-0.2, 0) is 4.74 Å². The molecule has 2 unspecified atom stereocenters. The van der Waals surface area contributed by atoms with E-state index in [1.54, 1.807) is 0 Å². The third-order valence-corrected chi connectivity index (χ3v) is 2.93. The van der Waals surface area contributed by atoms with Crippen LogP contribution in [0.4, 0.5) is 8.78 Å². The SMILES string of the molecule is COCC1C(C2CNC2)C1(F)F.Cl. The maximum absolute atomic E-state index is 13.0. The number of halogens is 3. The minimum Gasteiger partial charge on any atom is -0.384 e. The van der Waals surface area contributed by atoms with Crippen LogP contribution in [0.2, 0.25) is 0 Å². The molecule has 1 heterocycles. The van der Waals surface area contributed by atoms with Crippen LogP contribution in [-0.4, -0.2) is 32.7 Å². The molecule has 2 atom stereocenters. The number of hydrogen-bond donors (Lipinski definition) is 1. The smallest absolute Gasteiger partial charge is 0.257 e. The van der Waals surface area contributed by atoms with Crippen molar-refractivity contribution in [1.82, 2.24) is 5.32 Å². The Morgan fingerprint density at radius 2 is 2.08 bits per heavy atom. The average Bonchev–Trinajstić information content (AvgIpc) is 2.36. The first-order valence-corrected chi connectivity index (χ1v) is 4.25. The zero-order valence-electron chi connectivity index (χ0n) is 7.43. The molecule has 78 valence electrons. The maximum atomic E-state index is 13.0. The van der Waals surface area contributed by atoms with Gasteiger partial charge in [-0.25, -0.2) is 8.78 Å². The van der Waals surface area contributed by atoms with Gasteiger partial charge in [-0.1, -0.05) is 0 Å². The minimum absolute atomic E-state index is 0. The third-order valence-electron chi connectivity index (χ3n) is 2.93. The summed E-state index contributed by atoms with van der Waals surface area (Å²) in [4.78, 5) is 0. The summed E-state index contributed by atoms with van der Waals surface area (Å²) in [6.07, 6.45) is 0. The number of ether oxygens (including phenoxy) is 1. The van der Waals surface area contributed by atoms with E-state index in [9.17, 15) is 8.78 Å². The Morgan fingerprint density at radius 1 is 1.46 bits per heavy atom. The molecule has 1 aliphatic carbocycles. The molecule has 1 N–H and O–H groups in total. The number of hydrogen-bond acceptors (Lipinski definition) is 2. The summed E-state index contributed by atoms with van der Waals surface area (Å²) in [7, 11) is 1.48. The van der Waals surface area contributed by atoms with Crippen molar-refractivity contribution in [2.75, 3.05) is 26.8 Å². The van der Waals surface area contributed by atoms with Gasteiger partial charge in [-0.3, -0.25) is 0 Å². The summed E-state index contributed by atoms with van der Waals surface area (Å²) in [5.74, 6) is -3.21. The van der Waals surface area contributed by atoms with Gasteiger partial charge in [-0.15, -0.1) is 12.4 Å². The topological polar surface area (TPSA) is 21.3 Å². The lowest BCUT2D eigenvalue weighted by atomic mass is 9.96. The second kappa shape index (κ2) is 3.67. The molecule has 5 heteroatoms. The molecule has 2 fully saturated rings. The summed E-state index contributed by atoms with van der Waals surface area (Å²) in [5, 5.41) is 3.01. The van der Waals surface area contributed by atoms with Crippen LogP contribution < -0.4 is 5.32 Å². The minimum atomic E-state index is -2.46. The van der Waals surface area contributed by atoms with Crippen molar-refractivity contribution < 1.29 is 13.5 Å². The van der Waals surface area contributed by atoms with Gasteiger partial charge in [0.25, 0.3) is 5.92 Å². The average molecular weight is 214 g/mol. The first-order chi connectivity index (χ1) is 5.68. The molecule has 1 saturated carbocycles. The van der Waals surface area contributed by atoms with E-state index in [0.717, 1.165) is 13.1 Å². The summed E-state index contributed by atoms with van der Waals surface area (Å²) in [6, 6.07) is 0. The zero-order chi connectivity index (χ0) is 8.77. The lowest BCUT2D eigenvalue weighted by Crippen LogP contribution is -2.44. The van der Waals surface area contributed by atoms with Crippen molar-refractivity contribution in [2.24, 2.45) is 17.8 Å². The fraction of sp³-hybridized carbons (Fsp3) is 1.00. The van der Waals surface area contributed by atoms with Crippen LogP contribution in [0.15, 0.2) is 0 Å². The Labute approximate surface area is 82.4 Å². The van der Waals surface area contributed by atoms with Gasteiger partial charge in [0.15, 0.2) is 0 Å². The number of methoxy groups -OCH3 is 1. The van der Waals surface area contributed by atoms with Crippen molar-refractivity contribution in [3.63, 3.8) is 0 Å². The largest absolute Gasteiger partial charge is 0.384 e. The van der Waals surface area contributed by atoms with Gasteiger partial charge in [0.1, 0.15) is 0 Å². The molecule has 0 bridgehead atoms. The Balaban J connectivity index is 0.000000845. The normalized spacial score (nSPS) is 36.2. The van der Waals surface area contributed by atoms with E-state index in [-0.39, 0.29) is 24.9 Å². The van der Waals surface area contributed by atoms with Gasteiger partial charge in [0.2, 0.25) is 0 Å². The van der Waals surface area contributed by atoms with Crippen molar-refractivity contribution in [2.45, 2.75) is 5.92 Å². The fourth-order valence-corrected chi connectivity index (χ4v) is 2.02. The van der Waals surface area contributed by atoms with E-state index < -0.39 is 17.8 Å². The van der Waals surface area contributed by atoms with Crippen molar-refractivity contribution in [3.05, 3.63) is 0 Å². The summed E-state index contributed by atoms with van der Waals surface area (Å²) >= 11 is 0. The van der Waals surface area contributed by atoms with E-state index in [2.05, 4.69) is 5.32 Å². The lowest BCUT2D eigenvalue weighted by Gasteiger charge is -2.27. The molecule has 0 radical (unpaired) electrons. The first-order valence-electron chi connectivity index (χ1n) is 4.25. The van der Waals surface area contributed by atoms with Gasteiger partial charge >= 0.3 is 0 Å². The maximum Gasteiger partial charge on any atom is 0.257 e. The fourth-order valence-electron chi connectivity index (χ4n) is 2.02. The van der Waals surface area contributed by atoms with Gasteiger partial charge in [-0.05, 0) is 19.0 Å². The molecule has 2 nitrogen and oxygen atoms in total. The van der Waals surface area contributed by atoms with Crippen LogP contribution in [0.5, 0.6) is 0 Å². The highest BCUT2D eigenvalue weighted by atomic mass is 35.5. The van der Waals surface area contributed by atoms with Crippen LogP contribution >= 0.6 is 12.4 Å². The standard InChI is InChI=1S/C8H13F2NO.ClH/c1-12-4-6-7(8(6,9)10)5-2-11-3-5;/h5-7,11H,2-4H2,1H3;1H. The first kappa shape index (κ1) is 11.1. The zero-order valence-corrected chi connectivity index (χ0v) is 8.24. The molecule has 2 aliphatic rings. The van der Waals surface area contributed by atoms with E-state index in [1.807, 2.05) is 0 Å². The Morgan fingerprint density at radius 3 is 2.46 bits per heavy atom. The van der Waals surface area contributed by atoms with Gasteiger partial charge in [0.05, 0.1) is 12.5 Å². The van der Waals surface area contributed by atoms with E-state index >= 15 is 0 Å². The molecule has 0 aromatic rings. The third kappa shape index (κ3) is 1.67. The van der Waals surface area contributed by atoms with Crippen LogP contribution in [0, 0.1) is 17.8 Å². The van der Waals surface area contributed by atoms with Gasteiger partial charge in [0, 0.05) is 13.0 Å². The van der Waals surface area contributed by atoms with Gasteiger partial charge < -0.3 is 10.1 Å². The Bertz CT molecular complexity index is 187. The number of nitrogens with one attached hydrogen (secondary N) is 1. The molecule has 0 spiro atoms. The quantitative estimate of drug-likeness (QED) is 0.760. The van der Waals surface area contributed by atoms with Crippen molar-refractivity contribution in [3.8, 4) is 0 Å². The van der Waals surface area contributed by atoms with E-state index in [4.69, 9.17) is 4.74 Å². The second-order valence-corrected chi connectivity index (χ2v) is 3.68. The van der Waals surface area contributed by atoms with Crippen molar-refractivity contribution in [1.29, 1.82) is 0 Å². The lowest BCUT2D eigenvalue weighted by molar-refractivity contribution is 0.0543. The van der Waals surface area contributed by atoms with Crippen LogP contribution in [0.25, 0.3) is 0 Å². The highest BCUT2D eigenvalue weighted by Gasteiger charge is 2.70. The molecule has 1 saturated heterocycles. The van der Waals surface area contributed by atoms with Crippen LogP contribution in [0.3, 0.4) is 0 Å². The van der Waals surface area contributed by atoms with E-state index in [0.29, 0.717) is 0 Å². The highest BCUT2D eigenvalue weighted by Crippen LogP contribution is 2.59. The molecule has 13 heavy (non-hydrogen) atoms. The monoisotopic (exact) mass is 213 g/mol. The number of alkyl halides is 2. The predicted molar refractivity (Wildman–Crippen MR) is 47.4 cm³/mol. The molecular formula is C8H14ClF2NO. The van der Waals surface area contributed by atoms with Gasteiger partial charge in [-0.2, -0.15) is 0 Å². The molecular weight excluding hydrogens is 200 g/mol. The molecule has 1 aliphatic heterocycles. The Hall–Kier alpha value is 0.0700. The number of rotatable bonds is 3. The van der Waals surface area contributed by atoms with E-state index in [1.165, 1.54) is 7.11 Å². The molecule has 0 aromatic carbocycles. The predicted octanol–water partition coefficient (Wildman–Crippen LogP) is 1.16. The summed E-state index contributed by atoms with van der Waals surface area (Å²) < 4.78 is 30.8. The summed E-state index contributed by atoms with van der Waals surface area (Å²) in [5.41, 5.74) is 0.